The van der Waals surface area contributed by atoms with Crippen LogP contribution >= 0.6 is 11.6 Å². The molecule has 0 aliphatic heterocycles. The second-order valence-corrected chi connectivity index (χ2v) is 3.49. The van der Waals surface area contributed by atoms with Gasteiger partial charge in [0.05, 0.1) is 16.6 Å². The Morgan fingerprint density at radius 2 is 2.33 bits per heavy atom. The lowest BCUT2D eigenvalue weighted by Crippen LogP contribution is -2.32. The van der Waals surface area contributed by atoms with Gasteiger partial charge in [0.1, 0.15) is 6.07 Å². The number of carbonyl (C=O) groups excluding carboxylic acids is 1. The largest absolute Gasteiger partial charge is 0.325 e. The standard InChI is InChI=1S/C10H10ClN3O/c1-6(13)10(15)14-8-3-2-7(5-12)9(11)4-8/h2-4,6H,13H2,1H3,(H,14,15)/t6-/m0/s1. The van der Waals surface area contributed by atoms with Crippen LogP contribution in [0.5, 0.6) is 0 Å². The molecule has 0 aromatic heterocycles. The number of benzene rings is 1. The summed E-state index contributed by atoms with van der Waals surface area (Å²) < 4.78 is 0. The van der Waals surface area contributed by atoms with Gasteiger partial charge in [-0.3, -0.25) is 4.79 Å². The Labute approximate surface area is 92.6 Å². The Hall–Kier alpha value is -1.57. The van der Waals surface area contributed by atoms with Crippen molar-refractivity contribution in [2.24, 2.45) is 5.73 Å². The summed E-state index contributed by atoms with van der Waals surface area (Å²) in [4.78, 5) is 11.2. The van der Waals surface area contributed by atoms with Crippen LogP contribution in [0.25, 0.3) is 0 Å². The summed E-state index contributed by atoms with van der Waals surface area (Å²) in [6.45, 7) is 1.58. The van der Waals surface area contributed by atoms with E-state index in [0.29, 0.717) is 16.3 Å². The number of hydrogen-bond donors (Lipinski definition) is 2. The highest BCUT2D eigenvalue weighted by molar-refractivity contribution is 6.32. The van der Waals surface area contributed by atoms with Gasteiger partial charge in [0, 0.05) is 5.69 Å². The van der Waals surface area contributed by atoms with E-state index in [-0.39, 0.29) is 5.91 Å². The van der Waals surface area contributed by atoms with Crippen LogP contribution in [-0.4, -0.2) is 11.9 Å². The number of halogens is 1. The van der Waals surface area contributed by atoms with Crippen molar-refractivity contribution < 1.29 is 4.79 Å². The molecule has 1 amide bonds. The first kappa shape index (κ1) is 11.5. The van der Waals surface area contributed by atoms with E-state index in [0.717, 1.165) is 0 Å². The molecular formula is C10H10ClN3O. The van der Waals surface area contributed by atoms with Gasteiger partial charge in [0.2, 0.25) is 5.91 Å². The molecule has 0 fully saturated rings. The van der Waals surface area contributed by atoms with Crippen LogP contribution in [0, 0.1) is 11.3 Å². The summed E-state index contributed by atoms with van der Waals surface area (Å²) in [7, 11) is 0. The Morgan fingerprint density at radius 1 is 1.67 bits per heavy atom. The molecule has 1 atom stereocenters. The lowest BCUT2D eigenvalue weighted by Gasteiger charge is -2.08. The fraction of sp³-hybridized carbons (Fsp3) is 0.200. The normalized spacial score (nSPS) is 11.6. The van der Waals surface area contributed by atoms with Gasteiger partial charge in [0.15, 0.2) is 0 Å². The molecule has 5 heteroatoms. The first-order valence-electron chi connectivity index (χ1n) is 4.30. The Morgan fingerprint density at radius 3 is 2.80 bits per heavy atom. The smallest absolute Gasteiger partial charge is 0.240 e. The van der Waals surface area contributed by atoms with E-state index in [4.69, 9.17) is 22.6 Å². The monoisotopic (exact) mass is 223 g/mol. The van der Waals surface area contributed by atoms with Crippen molar-refractivity contribution in [2.75, 3.05) is 5.32 Å². The maximum Gasteiger partial charge on any atom is 0.240 e. The lowest BCUT2D eigenvalue weighted by atomic mass is 10.2. The van der Waals surface area contributed by atoms with Gasteiger partial charge in [0.25, 0.3) is 0 Å². The van der Waals surface area contributed by atoms with Crippen molar-refractivity contribution in [3.05, 3.63) is 28.8 Å². The molecule has 15 heavy (non-hydrogen) atoms. The van der Waals surface area contributed by atoms with Gasteiger partial charge in [-0.2, -0.15) is 5.26 Å². The van der Waals surface area contributed by atoms with Crippen LogP contribution < -0.4 is 11.1 Å². The third kappa shape index (κ3) is 2.94. The number of nitrogens with one attached hydrogen (secondary N) is 1. The zero-order valence-electron chi connectivity index (χ0n) is 8.12. The summed E-state index contributed by atoms with van der Waals surface area (Å²) in [5.74, 6) is -0.296. The maximum atomic E-state index is 11.2. The van der Waals surface area contributed by atoms with E-state index < -0.39 is 6.04 Å². The molecule has 0 spiro atoms. The van der Waals surface area contributed by atoms with Crippen LogP contribution in [0.1, 0.15) is 12.5 Å². The molecule has 0 heterocycles. The van der Waals surface area contributed by atoms with Crippen molar-refractivity contribution in [1.29, 1.82) is 5.26 Å². The van der Waals surface area contributed by atoms with Gasteiger partial charge < -0.3 is 11.1 Å². The minimum atomic E-state index is -0.584. The van der Waals surface area contributed by atoms with E-state index in [1.54, 1.807) is 19.1 Å². The van der Waals surface area contributed by atoms with Crippen molar-refractivity contribution in [1.82, 2.24) is 0 Å². The number of nitrogens with zero attached hydrogens (tertiary/aromatic N) is 1. The highest BCUT2D eigenvalue weighted by atomic mass is 35.5. The molecule has 0 unspecified atom stereocenters. The summed E-state index contributed by atoms with van der Waals surface area (Å²) >= 11 is 5.79. The number of anilines is 1. The fourth-order valence-corrected chi connectivity index (χ4v) is 1.16. The zero-order valence-corrected chi connectivity index (χ0v) is 8.88. The van der Waals surface area contributed by atoms with Crippen molar-refractivity contribution >= 4 is 23.2 Å². The number of nitrogens with two attached hydrogens (primary N) is 1. The van der Waals surface area contributed by atoms with Crippen molar-refractivity contribution in [2.45, 2.75) is 13.0 Å². The summed E-state index contributed by atoms with van der Waals surface area (Å²) in [5.41, 5.74) is 6.28. The molecule has 1 rings (SSSR count). The number of amides is 1. The van der Waals surface area contributed by atoms with Gasteiger partial charge in [-0.1, -0.05) is 11.6 Å². The predicted molar refractivity (Wildman–Crippen MR) is 58.4 cm³/mol. The quantitative estimate of drug-likeness (QED) is 0.798. The predicted octanol–water partition coefficient (Wildman–Crippen LogP) is 1.50. The SMILES string of the molecule is C[C@H](N)C(=O)Nc1ccc(C#N)c(Cl)c1. The third-order valence-electron chi connectivity index (χ3n) is 1.77. The van der Waals surface area contributed by atoms with E-state index in [1.165, 1.54) is 6.07 Å². The average molecular weight is 224 g/mol. The molecule has 3 N–H and O–H groups in total. The Bertz CT molecular complexity index is 423. The van der Waals surface area contributed by atoms with Crippen molar-refractivity contribution in [3.8, 4) is 6.07 Å². The van der Waals surface area contributed by atoms with Crippen LogP contribution in [0.2, 0.25) is 5.02 Å². The van der Waals surface area contributed by atoms with Crippen molar-refractivity contribution in [3.63, 3.8) is 0 Å². The molecule has 0 saturated carbocycles. The minimum Gasteiger partial charge on any atom is -0.325 e. The Kier molecular flexibility index (Phi) is 3.67. The molecule has 78 valence electrons. The molecule has 1 aromatic rings. The second kappa shape index (κ2) is 4.78. The number of rotatable bonds is 2. The second-order valence-electron chi connectivity index (χ2n) is 3.08. The molecule has 0 radical (unpaired) electrons. The van der Waals surface area contributed by atoms with E-state index in [1.807, 2.05) is 6.07 Å². The molecule has 4 nitrogen and oxygen atoms in total. The molecular weight excluding hydrogens is 214 g/mol. The topological polar surface area (TPSA) is 78.9 Å². The Balaban J connectivity index is 2.86. The molecule has 0 saturated heterocycles. The molecule has 0 aliphatic carbocycles. The van der Waals surface area contributed by atoms with Gasteiger partial charge in [-0.25, -0.2) is 0 Å². The van der Waals surface area contributed by atoms with Crippen LogP contribution in [0.3, 0.4) is 0 Å². The number of nitriles is 1. The molecule has 1 aromatic carbocycles. The van der Waals surface area contributed by atoms with Crippen LogP contribution in [0.15, 0.2) is 18.2 Å². The van der Waals surface area contributed by atoms with E-state index in [2.05, 4.69) is 5.32 Å². The van der Waals surface area contributed by atoms with E-state index >= 15 is 0 Å². The summed E-state index contributed by atoms with van der Waals surface area (Å²) in [5, 5.41) is 11.5. The zero-order chi connectivity index (χ0) is 11.4. The minimum absolute atomic E-state index is 0.296. The molecule has 0 bridgehead atoms. The summed E-state index contributed by atoms with van der Waals surface area (Å²) in [6, 6.07) is 6.00. The summed E-state index contributed by atoms with van der Waals surface area (Å²) in [6.07, 6.45) is 0. The highest BCUT2D eigenvalue weighted by Gasteiger charge is 2.08. The van der Waals surface area contributed by atoms with Gasteiger partial charge in [-0.05, 0) is 25.1 Å². The third-order valence-corrected chi connectivity index (χ3v) is 2.08. The van der Waals surface area contributed by atoms with Crippen LogP contribution in [0.4, 0.5) is 5.69 Å². The number of hydrogen-bond acceptors (Lipinski definition) is 3. The van der Waals surface area contributed by atoms with Gasteiger partial charge in [-0.15, -0.1) is 0 Å². The highest BCUT2D eigenvalue weighted by Crippen LogP contribution is 2.20. The first-order valence-corrected chi connectivity index (χ1v) is 4.68. The maximum absolute atomic E-state index is 11.2. The fourth-order valence-electron chi connectivity index (χ4n) is 0.940. The van der Waals surface area contributed by atoms with Crippen LogP contribution in [-0.2, 0) is 4.79 Å². The average Bonchev–Trinajstić information content (AvgIpc) is 2.18. The first-order chi connectivity index (χ1) is 7.04. The number of carbonyl (C=O) groups is 1. The van der Waals surface area contributed by atoms with E-state index in [9.17, 15) is 4.79 Å². The van der Waals surface area contributed by atoms with Gasteiger partial charge >= 0.3 is 0 Å². The molecule has 0 aliphatic rings. The lowest BCUT2D eigenvalue weighted by molar-refractivity contribution is -0.117.